The third kappa shape index (κ3) is 5.65. The van der Waals surface area contributed by atoms with E-state index in [-0.39, 0.29) is 23.7 Å². The van der Waals surface area contributed by atoms with Gasteiger partial charge in [0.25, 0.3) is 0 Å². The molecule has 0 amide bonds. The van der Waals surface area contributed by atoms with Crippen molar-refractivity contribution in [1.82, 2.24) is 0 Å². The molecule has 9 heteroatoms. The third-order valence-corrected chi connectivity index (χ3v) is 7.71. The van der Waals surface area contributed by atoms with Crippen LogP contribution in [-0.4, -0.2) is 45.5 Å². The van der Waals surface area contributed by atoms with Gasteiger partial charge in [0.05, 0.1) is 12.2 Å². The second-order valence-corrected chi connectivity index (χ2v) is 10.3. The van der Waals surface area contributed by atoms with E-state index in [0.29, 0.717) is 19.3 Å². The zero-order valence-corrected chi connectivity index (χ0v) is 19.8. The van der Waals surface area contributed by atoms with E-state index in [1.807, 2.05) is 18.1 Å². The third-order valence-electron chi connectivity index (χ3n) is 7.71. The summed E-state index contributed by atoms with van der Waals surface area (Å²) < 4.78 is 77.3. The molecule has 3 aliphatic rings. The quantitative estimate of drug-likeness (QED) is 0.259. The first-order valence-electron chi connectivity index (χ1n) is 11.9. The van der Waals surface area contributed by atoms with Crippen molar-refractivity contribution in [3.05, 3.63) is 34.9 Å². The molecule has 0 bridgehead atoms. The van der Waals surface area contributed by atoms with Crippen LogP contribution >= 0.6 is 0 Å². The zero-order chi connectivity index (χ0) is 26.2. The van der Waals surface area contributed by atoms with Crippen LogP contribution in [0.4, 0.5) is 26.3 Å². The minimum Gasteiger partial charge on any atom is -0.393 e. The molecule has 3 nitrogen and oxygen atoms in total. The van der Waals surface area contributed by atoms with Crippen LogP contribution in [-0.2, 0) is 0 Å². The van der Waals surface area contributed by atoms with Crippen molar-refractivity contribution in [2.24, 2.45) is 17.3 Å². The van der Waals surface area contributed by atoms with Crippen molar-refractivity contribution in [3.8, 4) is 11.8 Å². The fourth-order valence-corrected chi connectivity index (χ4v) is 5.89. The first-order chi connectivity index (χ1) is 16.1. The average Bonchev–Trinajstić information content (AvgIpc) is 3.07. The maximum absolute atomic E-state index is 12.9. The molecular weight excluding hydrogens is 474 g/mol. The molecule has 0 aromatic carbocycles. The summed E-state index contributed by atoms with van der Waals surface area (Å²) in [7, 11) is 0. The minimum absolute atomic E-state index is 0.166. The maximum Gasteiger partial charge on any atom is 0.438 e. The van der Waals surface area contributed by atoms with E-state index in [1.54, 1.807) is 6.92 Å². The lowest BCUT2D eigenvalue weighted by atomic mass is 9.62. The Kier molecular flexibility index (Phi) is 7.91. The Morgan fingerprint density at radius 3 is 2.26 bits per heavy atom. The molecular formula is C26H32F6O3. The Labute approximate surface area is 201 Å². The lowest BCUT2D eigenvalue weighted by Crippen LogP contribution is -2.55. The van der Waals surface area contributed by atoms with Gasteiger partial charge in [-0.2, -0.15) is 26.3 Å². The van der Waals surface area contributed by atoms with Crippen LogP contribution < -0.4 is 0 Å². The normalized spacial score (nSPS) is 33.2. The van der Waals surface area contributed by atoms with Crippen molar-refractivity contribution in [2.75, 3.05) is 0 Å². The van der Waals surface area contributed by atoms with Crippen molar-refractivity contribution in [3.63, 3.8) is 0 Å². The second-order valence-electron chi connectivity index (χ2n) is 10.3. The van der Waals surface area contributed by atoms with Crippen LogP contribution in [0.2, 0.25) is 0 Å². The molecule has 2 fully saturated rings. The Bertz CT molecular complexity index is 923. The molecule has 5 atom stereocenters. The van der Waals surface area contributed by atoms with Gasteiger partial charge in [-0.15, -0.1) is 0 Å². The van der Waals surface area contributed by atoms with Gasteiger partial charge in [-0.25, -0.2) is 0 Å². The SMILES string of the molecule is CC(CC#CC(O)(C(F)(F)F)C(F)(F)F)C1=CCC2C(=CC=C3CC(O)C[C@H](O)C3)CCC[C@]12C. The Hall–Kier alpha value is -1.76. The highest BCUT2D eigenvalue weighted by molar-refractivity contribution is 5.35. The summed E-state index contributed by atoms with van der Waals surface area (Å²) in [5.74, 6) is 2.81. The monoisotopic (exact) mass is 506 g/mol. The van der Waals surface area contributed by atoms with Gasteiger partial charge in [-0.05, 0) is 68.1 Å². The summed E-state index contributed by atoms with van der Waals surface area (Å²) in [5, 5.41) is 29.1. The van der Waals surface area contributed by atoms with Crippen LogP contribution in [0, 0.1) is 29.1 Å². The predicted octanol–water partition coefficient (Wildman–Crippen LogP) is 5.77. The fourth-order valence-electron chi connectivity index (χ4n) is 5.89. The number of aliphatic hydroxyl groups excluding tert-OH is 2. The van der Waals surface area contributed by atoms with Crippen LogP contribution in [0.25, 0.3) is 0 Å². The molecule has 0 spiro atoms. The van der Waals surface area contributed by atoms with Gasteiger partial charge in [-0.3, -0.25) is 0 Å². The van der Waals surface area contributed by atoms with Gasteiger partial charge in [0.1, 0.15) is 0 Å². The second kappa shape index (κ2) is 9.95. The number of halogens is 6. The van der Waals surface area contributed by atoms with Crippen LogP contribution in [0.3, 0.4) is 0 Å². The molecule has 0 aromatic heterocycles. The van der Waals surface area contributed by atoms with Gasteiger partial charge in [0, 0.05) is 6.42 Å². The topological polar surface area (TPSA) is 60.7 Å². The Balaban J connectivity index is 1.75. The number of aliphatic hydroxyl groups is 3. The molecule has 3 aliphatic carbocycles. The van der Waals surface area contributed by atoms with Gasteiger partial charge in [-0.1, -0.05) is 54.7 Å². The number of hydrogen-bond donors (Lipinski definition) is 3. The predicted molar refractivity (Wildman–Crippen MR) is 119 cm³/mol. The van der Waals surface area contributed by atoms with Crippen LogP contribution in [0.1, 0.15) is 65.2 Å². The number of rotatable bonds is 3. The lowest BCUT2D eigenvalue weighted by molar-refractivity contribution is -0.343. The molecule has 3 unspecified atom stereocenters. The van der Waals surface area contributed by atoms with E-state index in [9.17, 15) is 41.7 Å². The number of allylic oxidation sites excluding steroid dienone is 5. The molecule has 3 N–H and O–H groups in total. The van der Waals surface area contributed by atoms with E-state index in [4.69, 9.17) is 0 Å². The molecule has 0 saturated heterocycles. The Morgan fingerprint density at radius 1 is 1.09 bits per heavy atom. The molecule has 0 heterocycles. The summed E-state index contributed by atoms with van der Waals surface area (Å²) in [5.41, 5.74) is -2.16. The first kappa shape index (κ1) is 27.8. The van der Waals surface area contributed by atoms with Crippen molar-refractivity contribution in [1.29, 1.82) is 0 Å². The molecule has 2 saturated carbocycles. The highest BCUT2D eigenvalue weighted by Crippen LogP contribution is 2.57. The maximum atomic E-state index is 12.9. The van der Waals surface area contributed by atoms with Crippen LogP contribution in [0.5, 0.6) is 0 Å². The average molecular weight is 507 g/mol. The van der Waals surface area contributed by atoms with E-state index in [1.165, 1.54) is 5.57 Å². The van der Waals surface area contributed by atoms with E-state index < -0.39 is 30.2 Å². The fraction of sp³-hybridized carbons (Fsp3) is 0.692. The number of fused-ring (bicyclic) bond motifs is 1. The lowest BCUT2D eigenvalue weighted by Gasteiger charge is -2.42. The van der Waals surface area contributed by atoms with Gasteiger partial charge in [0.15, 0.2) is 0 Å². The summed E-state index contributed by atoms with van der Waals surface area (Å²) in [6.07, 6.45) is -2.46. The molecule has 0 radical (unpaired) electrons. The highest BCUT2D eigenvalue weighted by Gasteiger charge is 2.70. The summed E-state index contributed by atoms with van der Waals surface area (Å²) in [4.78, 5) is 0. The summed E-state index contributed by atoms with van der Waals surface area (Å²) >= 11 is 0. The Morgan fingerprint density at radius 2 is 1.69 bits per heavy atom. The first-order valence-corrected chi connectivity index (χ1v) is 11.9. The van der Waals surface area contributed by atoms with Gasteiger partial charge < -0.3 is 15.3 Å². The summed E-state index contributed by atoms with van der Waals surface area (Å²) in [6, 6.07) is 0. The van der Waals surface area contributed by atoms with Crippen molar-refractivity contribution in [2.45, 2.75) is 95.4 Å². The standard InChI is InChI=1S/C26H32F6O3/c1-16(5-3-12-24(35,25(27,28)29)26(30,31)32)21-9-10-22-18(6-4-11-23(21,22)2)8-7-17-13-19(33)15-20(34)14-17/h7-9,16,19-20,22,33-35H,4-6,10-11,13-15H2,1-2H3/t16?,19-,20?,22?,23-/m1/s1. The van der Waals surface area contributed by atoms with Crippen molar-refractivity contribution >= 4 is 0 Å². The molecule has 196 valence electrons. The highest BCUT2D eigenvalue weighted by atomic mass is 19.4. The molecule has 0 aromatic rings. The van der Waals surface area contributed by atoms with Crippen molar-refractivity contribution < 1.29 is 41.7 Å². The van der Waals surface area contributed by atoms with Crippen LogP contribution in [0.15, 0.2) is 34.9 Å². The molecule has 35 heavy (non-hydrogen) atoms. The number of hydrogen-bond acceptors (Lipinski definition) is 3. The molecule has 0 aliphatic heterocycles. The smallest absolute Gasteiger partial charge is 0.393 e. The summed E-state index contributed by atoms with van der Waals surface area (Å²) in [6.45, 7) is 3.82. The zero-order valence-electron chi connectivity index (χ0n) is 19.8. The number of alkyl halides is 6. The largest absolute Gasteiger partial charge is 0.438 e. The van der Waals surface area contributed by atoms with E-state index in [2.05, 4.69) is 13.0 Å². The van der Waals surface area contributed by atoms with E-state index in [0.717, 1.165) is 42.7 Å². The van der Waals surface area contributed by atoms with Gasteiger partial charge >= 0.3 is 18.0 Å². The van der Waals surface area contributed by atoms with Gasteiger partial charge in [0.2, 0.25) is 0 Å². The molecule has 3 rings (SSSR count). The minimum atomic E-state index is -5.95. The van der Waals surface area contributed by atoms with E-state index >= 15 is 0 Å².